The molecule has 0 atom stereocenters. The maximum Gasteiger partial charge on any atom is 0.210 e. The van der Waals surface area contributed by atoms with E-state index in [1.54, 1.807) is 18.0 Å². The van der Waals surface area contributed by atoms with E-state index in [4.69, 9.17) is 10.3 Å². The summed E-state index contributed by atoms with van der Waals surface area (Å²) >= 11 is 1.56. The van der Waals surface area contributed by atoms with Gasteiger partial charge in [0.25, 0.3) is 0 Å². The first kappa shape index (κ1) is 10.1. The summed E-state index contributed by atoms with van der Waals surface area (Å²) in [7, 11) is 0. The molecule has 6 heteroatoms. The fraction of sp³-hybridized carbons (Fsp3) is 0.333. The molecule has 0 unspecified atom stereocenters. The molecular formula is C9H12N4OS. The first-order chi connectivity index (χ1) is 7.24. The normalized spacial score (nSPS) is 10.8. The zero-order valence-electron chi connectivity index (χ0n) is 8.60. The Hall–Kier alpha value is -1.43. The van der Waals surface area contributed by atoms with Gasteiger partial charge in [-0.15, -0.1) is 10.2 Å². The molecular weight excluding hydrogens is 212 g/mol. The average molecular weight is 224 g/mol. The second kappa shape index (κ2) is 3.98. The van der Waals surface area contributed by atoms with Crippen LogP contribution in [0.15, 0.2) is 21.9 Å². The second-order valence-electron chi connectivity index (χ2n) is 3.00. The van der Waals surface area contributed by atoms with Crippen LogP contribution in [0.5, 0.6) is 0 Å². The van der Waals surface area contributed by atoms with E-state index in [0.717, 1.165) is 17.1 Å². The molecule has 0 aliphatic carbocycles. The quantitative estimate of drug-likeness (QED) is 0.634. The minimum absolute atomic E-state index is 0.636. The van der Waals surface area contributed by atoms with Crippen molar-refractivity contribution in [3.63, 3.8) is 0 Å². The van der Waals surface area contributed by atoms with Crippen LogP contribution < -0.4 is 5.84 Å². The number of rotatable bonds is 3. The maximum atomic E-state index is 5.88. The van der Waals surface area contributed by atoms with Gasteiger partial charge < -0.3 is 10.3 Å². The molecule has 0 saturated carbocycles. The van der Waals surface area contributed by atoms with Crippen LogP contribution in [0.3, 0.4) is 0 Å². The predicted molar refractivity (Wildman–Crippen MR) is 59.0 cm³/mol. The van der Waals surface area contributed by atoms with Gasteiger partial charge in [0.1, 0.15) is 5.76 Å². The lowest BCUT2D eigenvalue weighted by Crippen LogP contribution is -2.11. The number of thioether (sulfide) groups is 1. The molecule has 2 N–H and O–H groups in total. The van der Waals surface area contributed by atoms with Gasteiger partial charge in [-0.1, -0.05) is 18.7 Å². The Morgan fingerprint density at radius 3 is 2.93 bits per heavy atom. The summed E-state index contributed by atoms with van der Waals surface area (Å²) in [5, 5.41) is 8.77. The van der Waals surface area contributed by atoms with E-state index in [1.807, 2.05) is 19.9 Å². The molecule has 0 aromatic carbocycles. The number of aromatic nitrogens is 3. The number of nitrogens with two attached hydrogens (primary N) is 1. The van der Waals surface area contributed by atoms with E-state index in [0.29, 0.717) is 11.0 Å². The zero-order valence-corrected chi connectivity index (χ0v) is 9.41. The average Bonchev–Trinajstić information content (AvgIpc) is 2.76. The summed E-state index contributed by atoms with van der Waals surface area (Å²) in [6.45, 7) is 3.92. The highest BCUT2D eigenvalue weighted by Crippen LogP contribution is 2.24. The van der Waals surface area contributed by atoms with E-state index >= 15 is 0 Å². The van der Waals surface area contributed by atoms with Crippen molar-refractivity contribution in [1.82, 2.24) is 14.9 Å². The topological polar surface area (TPSA) is 69.9 Å². The smallest absolute Gasteiger partial charge is 0.210 e. The number of nitrogen functional groups attached to an aromatic ring is 1. The minimum Gasteiger partial charge on any atom is -0.469 e. The first-order valence-electron chi connectivity index (χ1n) is 4.61. The third-order valence-corrected chi connectivity index (χ3v) is 2.86. The van der Waals surface area contributed by atoms with Gasteiger partial charge in [-0.05, 0) is 18.7 Å². The molecule has 0 radical (unpaired) electrons. The van der Waals surface area contributed by atoms with Crippen LogP contribution in [-0.4, -0.2) is 20.6 Å². The van der Waals surface area contributed by atoms with E-state index in [2.05, 4.69) is 10.2 Å². The third kappa shape index (κ3) is 1.72. The number of nitrogens with zero attached hydrogens (tertiary/aromatic N) is 3. The zero-order chi connectivity index (χ0) is 10.8. The van der Waals surface area contributed by atoms with Crippen molar-refractivity contribution in [3.05, 3.63) is 18.1 Å². The molecule has 0 fully saturated rings. The lowest BCUT2D eigenvalue weighted by atomic mass is 10.2. The van der Waals surface area contributed by atoms with E-state index in [9.17, 15) is 0 Å². The van der Waals surface area contributed by atoms with Gasteiger partial charge in [0.15, 0.2) is 5.82 Å². The van der Waals surface area contributed by atoms with Gasteiger partial charge in [-0.25, -0.2) is 4.68 Å². The molecule has 15 heavy (non-hydrogen) atoms. The number of hydrogen-bond acceptors (Lipinski definition) is 5. The summed E-state index contributed by atoms with van der Waals surface area (Å²) in [5.74, 6) is 8.22. The van der Waals surface area contributed by atoms with Gasteiger partial charge in [-0.2, -0.15) is 0 Å². The highest BCUT2D eigenvalue weighted by atomic mass is 32.2. The van der Waals surface area contributed by atoms with Crippen molar-refractivity contribution in [2.24, 2.45) is 0 Å². The van der Waals surface area contributed by atoms with Crippen LogP contribution in [0.4, 0.5) is 0 Å². The van der Waals surface area contributed by atoms with Gasteiger partial charge in [-0.3, -0.25) is 0 Å². The SMILES string of the molecule is CCSc1nnc(-c2ccoc2C)n1N. The summed E-state index contributed by atoms with van der Waals surface area (Å²) in [6.07, 6.45) is 1.62. The van der Waals surface area contributed by atoms with Crippen molar-refractivity contribution >= 4 is 11.8 Å². The number of furan rings is 1. The van der Waals surface area contributed by atoms with Crippen LogP contribution in [0, 0.1) is 6.92 Å². The molecule has 0 aliphatic rings. The van der Waals surface area contributed by atoms with Crippen molar-refractivity contribution in [2.45, 2.75) is 19.0 Å². The lowest BCUT2D eigenvalue weighted by molar-refractivity contribution is 0.535. The number of hydrogen-bond donors (Lipinski definition) is 1. The molecule has 0 spiro atoms. The summed E-state index contributed by atoms with van der Waals surface area (Å²) in [6, 6.07) is 1.84. The van der Waals surface area contributed by atoms with Gasteiger partial charge >= 0.3 is 0 Å². The fourth-order valence-corrected chi connectivity index (χ4v) is 1.89. The van der Waals surface area contributed by atoms with Gasteiger partial charge in [0.2, 0.25) is 5.16 Å². The van der Waals surface area contributed by atoms with Crippen LogP contribution >= 0.6 is 11.8 Å². The van der Waals surface area contributed by atoms with Crippen molar-refractivity contribution in [2.75, 3.05) is 11.6 Å². The fourth-order valence-electron chi connectivity index (χ4n) is 1.31. The van der Waals surface area contributed by atoms with Crippen molar-refractivity contribution < 1.29 is 4.42 Å². The predicted octanol–water partition coefficient (Wildman–Crippen LogP) is 1.67. The Kier molecular flexibility index (Phi) is 2.68. The largest absolute Gasteiger partial charge is 0.469 e. The number of aryl methyl sites for hydroxylation is 1. The summed E-state index contributed by atoms with van der Waals surface area (Å²) in [5.41, 5.74) is 0.882. The lowest BCUT2D eigenvalue weighted by Gasteiger charge is -2.00. The first-order valence-corrected chi connectivity index (χ1v) is 5.60. The molecule has 2 rings (SSSR count). The summed E-state index contributed by atoms with van der Waals surface area (Å²) in [4.78, 5) is 0. The molecule has 2 aromatic rings. The monoisotopic (exact) mass is 224 g/mol. The van der Waals surface area contributed by atoms with Crippen LogP contribution in [0.2, 0.25) is 0 Å². The molecule has 2 heterocycles. The molecule has 0 bridgehead atoms. The molecule has 5 nitrogen and oxygen atoms in total. The highest BCUT2D eigenvalue weighted by molar-refractivity contribution is 7.99. The van der Waals surface area contributed by atoms with Crippen LogP contribution in [-0.2, 0) is 0 Å². The molecule has 80 valence electrons. The van der Waals surface area contributed by atoms with E-state index in [1.165, 1.54) is 4.68 Å². The molecule has 0 aliphatic heterocycles. The van der Waals surface area contributed by atoms with Crippen LogP contribution in [0.25, 0.3) is 11.4 Å². The Morgan fingerprint density at radius 2 is 2.33 bits per heavy atom. The Labute approximate surface area is 91.6 Å². The minimum atomic E-state index is 0.636. The van der Waals surface area contributed by atoms with Crippen LogP contribution in [0.1, 0.15) is 12.7 Å². The highest BCUT2D eigenvalue weighted by Gasteiger charge is 2.14. The maximum absolute atomic E-state index is 5.88. The Balaban J connectivity index is 2.42. The van der Waals surface area contributed by atoms with Gasteiger partial charge in [0, 0.05) is 0 Å². The molecule has 0 saturated heterocycles. The van der Waals surface area contributed by atoms with Crippen molar-refractivity contribution in [3.8, 4) is 11.4 Å². The Bertz CT molecular complexity index is 462. The summed E-state index contributed by atoms with van der Waals surface area (Å²) < 4.78 is 6.69. The molecule has 0 amide bonds. The molecule has 2 aromatic heterocycles. The van der Waals surface area contributed by atoms with E-state index < -0.39 is 0 Å². The second-order valence-corrected chi connectivity index (χ2v) is 4.23. The standard InChI is InChI=1S/C9H12N4OS/c1-3-15-9-12-11-8(13(9)10)7-4-5-14-6(7)2/h4-5H,3,10H2,1-2H3. The van der Waals surface area contributed by atoms with Crippen molar-refractivity contribution in [1.29, 1.82) is 0 Å². The Morgan fingerprint density at radius 1 is 1.53 bits per heavy atom. The third-order valence-electron chi connectivity index (χ3n) is 2.04. The van der Waals surface area contributed by atoms with E-state index in [-0.39, 0.29) is 0 Å². The van der Waals surface area contributed by atoms with Gasteiger partial charge in [0.05, 0.1) is 11.8 Å².